The van der Waals surface area contributed by atoms with Gasteiger partial charge in [-0.25, -0.2) is 18.3 Å². The standard InChI is InChI=1S/C24H21F2N5O/c1-15(16-3-2-4-18(25)11-16)28-23-7-8-24-29-21(13-31(24)30-23)17-5-6-22(20(26)12-17)32-14-19-9-10-27-19/h2-9,11-13,15,27H,10,14H2,1H3,(H,28,30)/t15-/m1/s1. The lowest BCUT2D eigenvalue weighted by Crippen LogP contribution is -2.28. The van der Waals surface area contributed by atoms with E-state index in [2.05, 4.69) is 20.7 Å². The Bertz CT molecular complexity index is 1320. The van der Waals surface area contributed by atoms with Crippen molar-refractivity contribution in [2.45, 2.75) is 13.0 Å². The van der Waals surface area contributed by atoms with Gasteiger partial charge in [-0.3, -0.25) is 0 Å². The van der Waals surface area contributed by atoms with Crippen molar-refractivity contribution in [1.82, 2.24) is 19.9 Å². The third kappa shape index (κ3) is 4.12. The van der Waals surface area contributed by atoms with Gasteiger partial charge in [0.2, 0.25) is 0 Å². The van der Waals surface area contributed by atoms with Gasteiger partial charge in [0.05, 0.1) is 17.9 Å². The Balaban J connectivity index is 1.34. The van der Waals surface area contributed by atoms with E-state index in [4.69, 9.17) is 4.74 Å². The van der Waals surface area contributed by atoms with Crippen LogP contribution in [0.15, 0.2) is 72.6 Å². The van der Waals surface area contributed by atoms with Gasteiger partial charge in [-0.05, 0) is 61.0 Å². The number of halogens is 2. The molecule has 2 aromatic heterocycles. The maximum Gasteiger partial charge on any atom is 0.165 e. The lowest BCUT2D eigenvalue weighted by atomic mass is 10.1. The molecule has 1 aliphatic rings. The van der Waals surface area contributed by atoms with Crippen molar-refractivity contribution < 1.29 is 13.5 Å². The van der Waals surface area contributed by atoms with Crippen LogP contribution in [0.4, 0.5) is 14.6 Å². The van der Waals surface area contributed by atoms with Crippen LogP contribution in [-0.2, 0) is 0 Å². The Hall–Kier alpha value is -3.94. The second-order valence-corrected chi connectivity index (χ2v) is 7.61. The molecular weight excluding hydrogens is 412 g/mol. The molecule has 2 N–H and O–H groups in total. The van der Waals surface area contributed by atoms with Crippen molar-refractivity contribution in [1.29, 1.82) is 0 Å². The number of hydrogen-bond acceptors (Lipinski definition) is 5. The third-order valence-corrected chi connectivity index (χ3v) is 5.32. The summed E-state index contributed by atoms with van der Waals surface area (Å²) in [5.41, 5.74) is 3.63. The van der Waals surface area contributed by atoms with Crippen molar-refractivity contribution in [2.24, 2.45) is 0 Å². The molecule has 6 nitrogen and oxygen atoms in total. The van der Waals surface area contributed by atoms with E-state index in [1.165, 1.54) is 18.2 Å². The lowest BCUT2D eigenvalue weighted by molar-refractivity contribution is 0.320. The monoisotopic (exact) mass is 433 g/mol. The highest BCUT2D eigenvalue weighted by atomic mass is 19.1. The fourth-order valence-electron chi connectivity index (χ4n) is 3.47. The van der Waals surface area contributed by atoms with Crippen LogP contribution in [-0.4, -0.2) is 27.7 Å². The number of nitrogens with one attached hydrogen (secondary N) is 2. The molecule has 1 atom stereocenters. The van der Waals surface area contributed by atoms with Crippen molar-refractivity contribution in [2.75, 3.05) is 18.5 Å². The van der Waals surface area contributed by atoms with E-state index >= 15 is 0 Å². The summed E-state index contributed by atoms with van der Waals surface area (Å²) in [7, 11) is 0. The normalized spacial score (nSPS) is 13.8. The van der Waals surface area contributed by atoms with Gasteiger partial charge in [-0.2, -0.15) is 0 Å². The molecule has 0 fully saturated rings. The molecule has 32 heavy (non-hydrogen) atoms. The molecule has 0 bridgehead atoms. The molecule has 0 amide bonds. The maximum atomic E-state index is 14.5. The van der Waals surface area contributed by atoms with Crippen LogP contribution < -0.4 is 15.4 Å². The molecule has 0 saturated carbocycles. The second-order valence-electron chi connectivity index (χ2n) is 7.61. The first-order valence-electron chi connectivity index (χ1n) is 10.3. The van der Waals surface area contributed by atoms with Crippen molar-refractivity contribution in [3.8, 4) is 17.0 Å². The number of hydrogen-bond donors (Lipinski definition) is 2. The Kier molecular flexibility index (Phi) is 5.18. The quantitative estimate of drug-likeness (QED) is 0.442. The third-order valence-electron chi connectivity index (χ3n) is 5.32. The first kappa shape index (κ1) is 20.0. The van der Waals surface area contributed by atoms with Crippen molar-refractivity contribution in [3.05, 3.63) is 89.8 Å². The van der Waals surface area contributed by atoms with Crippen LogP contribution >= 0.6 is 0 Å². The highest BCUT2D eigenvalue weighted by molar-refractivity contribution is 5.63. The SMILES string of the molecule is C[C@@H](Nc1ccc2nc(-c3ccc(OCC4=CCN4)c(F)c3)cn2n1)c1cccc(F)c1. The fraction of sp³-hybridized carbons (Fsp3) is 0.167. The first-order valence-corrected chi connectivity index (χ1v) is 10.3. The molecule has 0 spiro atoms. The van der Waals surface area contributed by atoms with Crippen LogP contribution in [0.1, 0.15) is 18.5 Å². The number of benzene rings is 2. The van der Waals surface area contributed by atoms with E-state index in [1.807, 2.05) is 31.2 Å². The molecule has 4 aromatic rings. The number of fused-ring (bicyclic) bond motifs is 1. The fourth-order valence-corrected chi connectivity index (χ4v) is 3.47. The average molecular weight is 433 g/mol. The number of nitrogens with zero attached hydrogens (tertiary/aromatic N) is 3. The Morgan fingerprint density at radius 3 is 2.78 bits per heavy atom. The van der Waals surface area contributed by atoms with Gasteiger partial charge >= 0.3 is 0 Å². The molecule has 3 heterocycles. The Labute approximate surface area is 183 Å². The molecule has 1 aliphatic heterocycles. The van der Waals surface area contributed by atoms with E-state index in [1.54, 1.807) is 28.9 Å². The molecule has 0 radical (unpaired) electrons. The predicted octanol–water partition coefficient (Wildman–Crippen LogP) is 4.71. The van der Waals surface area contributed by atoms with Crippen LogP contribution in [0, 0.1) is 11.6 Å². The van der Waals surface area contributed by atoms with Gasteiger partial charge in [0.15, 0.2) is 17.2 Å². The molecular formula is C24H21F2N5O. The number of ether oxygens (including phenoxy) is 1. The zero-order valence-electron chi connectivity index (χ0n) is 17.3. The van der Waals surface area contributed by atoms with E-state index in [0.29, 0.717) is 29.3 Å². The van der Waals surface area contributed by atoms with E-state index in [9.17, 15) is 8.78 Å². The van der Waals surface area contributed by atoms with Crippen LogP contribution in [0.25, 0.3) is 16.9 Å². The van der Waals surface area contributed by atoms with E-state index in [0.717, 1.165) is 17.8 Å². The highest BCUT2D eigenvalue weighted by Crippen LogP contribution is 2.26. The van der Waals surface area contributed by atoms with E-state index in [-0.39, 0.29) is 17.6 Å². The smallest absolute Gasteiger partial charge is 0.165 e. The first-order chi connectivity index (χ1) is 15.5. The van der Waals surface area contributed by atoms with Gasteiger partial charge in [-0.1, -0.05) is 12.1 Å². The zero-order chi connectivity index (χ0) is 22.1. The van der Waals surface area contributed by atoms with Gasteiger partial charge in [0, 0.05) is 17.8 Å². The number of imidazole rings is 1. The summed E-state index contributed by atoms with van der Waals surface area (Å²) in [4.78, 5) is 4.54. The van der Waals surface area contributed by atoms with Crippen molar-refractivity contribution >= 4 is 11.5 Å². The molecule has 0 aliphatic carbocycles. The van der Waals surface area contributed by atoms with Gasteiger partial charge in [0.1, 0.15) is 18.2 Å². The lowest BCUT2D eigenvalue weighted by Gasteiger charge is -2.18. The van der Waals surface area contributed by atoms with Crippen LogP contribution in [0.2, 0.25) is 0 Å². The molecule has 0 unspecified atom stereocenters. The number of rotatable bonds is 7. The molecule has 162 valence electrons. The topological polar surface area (TPSA) is 63.5 Å². The summed E-state index contributed by atoms with van der Waals surface area (Å²) in [5.74, 6) is 0.0908. The van der Waals surface area contributed by atoms with Crippen molar-refractivity contribution in [3.63, 3.8) is 0 Å². The van der Waals surface area contributed by atoms with E-state index < -0.39 is 5.82 Å². The van der Waals surface area contributed by atoms with Gasteiger partial charge < -0.3 is 15.4 Å². The Morgan fingerprint density at radius 1 is 1.16 bits per heavy atom. The molecule has 2 aromatic carbocycles. The second kappa shape index (κ2) is 8.30. The number of aromatic nitrogens is 3. The minimum Gasteiger partial charge on any atom is -0.484 e. The summed E-state index contributed by atoms with van der Waals surface area (Å²) >= 11 is 0. The zero-order valence-corrected chi connectivity index (χ0v) is 17.3. The largest absolute Gasteiger partial charge is 0.484 e. The summed E-state index contributed by atoms with van der Waals surface area (Å²) in [6.07, 6.45) is 3.74. The minimum atomic E-state index is -0.446. The predicted molar refractivity (Wildman–Crippen MR) is 118 cm³/mol. The van der Waals surface area contributed by atoms with Crippen LogP contribution in [0.5, 0.6) is 5.75 Å². The molecule has 8 heteroatoms. The molecule has 5 rings (SSSR count). The van der Waals surface area contributed by atoms with Gasteiger partial charge in [0.25, 0.3) is 0 Å². The maximum absolute atomic E-state index is 14.5. The summed E-state index contributed by atoms with van der Waals surface area (Å²) in [6.45, 7) is 3.07. The minimum absolute atomic E-state index is 0.133. The number of anilines is 1. The highest BCUT2D eigenvalue weighted by Gasteiger charge is 2.13. The van der Waals surface area contributed by atoms with Crippen LogP contribution in [0.3, 0.4) is 0 Å². The summed E-state index contributed by atoms with van der Waals surface area (Å²) in [6, 6.07) is 14.7. The average Bonchev–Trinajstić information content (AvgIpc) is 3.17. The van der Waals surface area contributed by atoms with Gasteiger partial charge in [-0.15, -0.1) is 5.10 Å². The molecule has 0 saturated heterocycles. The summed E-state index contributed by atoms with van der Waals surface area (Å²) in [5, 5.41) is 10.9. The Morgan fingerprint density at radius 2 is 2.03 bits per heavy atom. The summed E-state index contributed by atoms with van der Waals surface area (Å²) < 4.78 is 35.1.